The van der Waals surface area contributed by atoms with Crippen LogP contribution in [-0.2, 0) is 13.6 Å². The van der Waals surface area contributed by atoms with Crippen LogP contribution in [0.25, 0.3) is 27.8 Å². The van der Waals surface area contributed by atoms with Gasteiger partial charge in [-0.1, -0.05) is 36.4 Å². The third-order valence-electron chi connectivity index (χ3n) is 10.4. The molecule has 50 heavy (non-hydrogen) atoms. The zero-order chi connectivity index (χ0) is 34.9. The number of nitrogens with one attached hydrogen (secondary N) is 1. The van der Waals surface area contributed by atoms with E-state index in [0.717, 1.165) is 61.6 Å². The van der Waals surface area contributed by atoms with Crippen LogP contribution in [0, 0.1) is 18.7 Å². The zero-order valence-corrected chi connectivity index (χ0v) is 28.4. The van der Waals surface area contributed by atoms with Crippen molar-refractivity contribution in [2.75, 3.05) is 19.7 Å². The van der Waals surface area contributed by atoms with Crippen LogP contribution in [0.4, 0.5) is 4.39 Å². The summed E-state index contributed by atoms with van der Waals surface area (Å²) in [5, 5.41) is 16.8. The van der Waals surface area contributed by atoms with Crippen molar-refractivity contribution < 1.29 is 14.3 Å². The summed E-state index contributed by atoms with van der Waals surface area (Å²) in [6.07, 6.45) is 5.16. The maximum atomic E-state index is 14.5. The molecule has 1 aliphatic carbocycles. The Hall–Kier alpha value is -4.94. The molecule has 0 bridgehead atoms. The number of nitrogens with zero attached hydrogens (tertiary/aromatic N) is 6. The number of benzene rings is 2. The van der Waals surface area contributed by atoms with E-state index in [1.165, 1.54) is 14.7 Å². The summed E-state index contributed by atoms with van der Waals surface area (Å²) in [7, 11) is 1.78. The number of fused-ring (bicyclic) bond motifs is 1. The number of aliphatic hydroxyl groups excluding tert-OH is 1. The fraction of sp³-hybridized carbons (Fsp3) is 0.395. The first-order valence-corrected chi connectivity index (χ1v) is 17.4. The van der Waals surface area contributed by atoms with Crippen LogP contribution in [0.1, 0.15) is 66.3 Å². The van der Waals surface area contributed by atoms with Gasteiger partial charge in [0.15, 0.2) is 5.65 Å². The molecule has 3 aromatic heterocycles. The van der Waals surface area contributed by atoms with Gasteiger partial charge < -0.3 is 10.4 Å². The van der Waals surface area contributed by atoms with Crippen LogP contribution in [0.2, 0.25) is 0 Å². The predicted molar refractivity (Wildman–Crippen MR) is 189 cm³/mol. The number of aromatic nitrogens is 5. The fourth-order valence-electron chi connectivity index (χ4n) is 7.36. The standard InChI is InChI=1S/C38H42FN7O4/c1-24-18-34(42-43(24)2)36(48)41-30-10-12-31(13-11-30)46-37(49)33-20-29(39)21-40-35(33)45(38(46)50)32-5-3-4-28(19-32)27-8-6-25(7-9-27)22-44-16-14-26(23-47)15-17-44/h3-9,18-21,26,30-31,47H,10-17,22-23H2,1-2H3,(H,41,48)/t30-,31+. The zero-order valence-electron chi connectivity index (χ0n) is 28.4. The minimum absolute atomic E-state index is 0.0309. The van der Waals surface area contributed by atoms with E-state index in [0.29, 0.717) is 43.0 Å². The van der Waals surface area contributed by atoms with Crippen molar-refractivity contribution in [3.63, 3.8) is 0 Å². The second-order valence-corrected chi connectivity index (χ2v) is 13.7. The van der Waals surface area contributed by atoms with Crippen LogP contribution in [0.3, 0.4) is 0 Å². The lowest BCUT2D eigenvalue weighted by atomic mass is 9.90. The third kappa shape index (κ3) is 6.77. The van der Waals surface area contributed by atoms with Gasteiger partial charge in [0.05, 0.1) is 17.3 Å². The van der Waals surface area contributed by atoms with Gasteiger partial charge in [0, 0.05) is 38.0 Å². The number of carbonyl (C=O) groups is 1. The number of aliphatic hydroxyl groups is 1. The Morgan fingerprint density at radius 3 is 2.38 bits per heavy atom. The minimum Gasteiger partial charge on any atom is -0.396 e. The lowest BCUT2D eigenvalue weighted by Gasteiger charge is -2.31. The first-order valence-electron chi connectivity index (χ1n) is 17.4. The van der Waals surface area contributed by atoms with Crippen LogP contribution in [-0.4, -0.2) is 65.6 Å². The van der Waals surface area contributed by atoms with E-state index < -0.39 is 23.1 Å². The summed E-state index contributed by atoms with van der Waals surface area (Å²) in [5.74, 6) is -0.512. The van der Waals surface area contributed by atoms with E-state index in [2.05, 4.69) is 44.6 Å². The Morgan fingerprint density at radius 1 is 0.960 bits per heavy atom. The number of hydrogen-bond donors (Lipinski definition) is 2. The Labute approximate surface area is 289 Å². The first-order chi connectivity index (χ1) is 24.2. The van der Waals surface area contributed by atoms with Crippen molar-refractivity contribution >= 4 is 16.9 Å². The van der Waals surface area contributed by atoms with Gasteiger partial charge in [0.25, 0.3) is 11.5 Å². The van der Waals surface area contributed by atoms with E-state index in [1.807, 2.05) is 25.1 Å². The van der Waals surface area contributed by atoms with Gasteiger partial charge >= 0.3 is 5.69 Å². The number of rotatable bonds is 8. The van der Waals surface area contributed by atoms with Crippen molar-refractivity contribution in [3.05, 3.63) is 110 Å². The van der Waals surface area contributed by atoms with E-state index in [-0.39, 0.29) is 29.6 Å². The summed E-state index contributed by atoms with van der Waals surface area (Å²) < 4.78 is 18.8. The monoisotopic (exact) mass is 679 g/mol. The number of piperidine rings is 1. The second kappa shape index (κ2) is 14.1. The summed E-state index contributed by atoms with van der Waals surface area (Å²) in [5.41, 5.74) is 3.80. The Kier molecular flexibility index (Phi) is 9.48. The van der Waals surface area contributed by atoms with E-state index in [1.54, 1.807) is 23.9 Å². The molecule has 2 aliphatic rings. The molecular weight excluding hydrogens is 637 g/mol. The quantitative estimate of drug-likeness (QED) is 0.247. The molecule has 1 saturated carbocycles. The maximum absolute atomic E-state index is 14.5. The SMILES string of the molecule is Cc1cc(C(=O)N[C@H]2CC[C@@H](n3c(=O)c4cc(F)cnc4n(-c4cccc(-c5ccc(CN6CCC(CO)CC6)cc5)c4)c3=O)CC2)nn1C. The molecule has 0 spiro atoms. The van der Waals surface area contributed by atoms with Gasteiger partial charge in [-0.25, -0.2) is 18.7 Å². The molecule has 2 N–H and O–H groups in total. The number of likely N-dealkylation sites (tertiary alicyclic amines) is 1. The molecule has 0 radical (unpaired) electrons. The summed E-state index contributed by atoms with van der Waals surface area (Å²) in [6.45, 7) is 4.93. The number of halogens is 1. The van der Waals surface area contributed by atoms with Crippen molar-refractivity contribution in [2.24, 2.45) is 13.0 Å². The largest absolute Gasteiger partial charge is 0.396 e. The number of hydrogen-bond acceptors (Lipinski definition) is 7. The van der Waals surface area contributed by atoms with Gasteiger partial charge in [-0.2, -0.15) is 5.10 Å². The van der Waals surface area contributed by atoms with Crippen molar-refractivity contribution in [3.8, 4) is 16.8 Å². The highest BCUT2D eigenvalue weighted by Crippen LogP contribution is 2.29. The number of carbonyl (C=O) groups excluding carboxylic acids is 1. The average Bonchev–Trinajstić information content (AvgIpc) is 3.47. The Morgan fingerprint density at radius 2 is 1.70 bits per heavy atom. The first kappa shape index (κ1) is 33.6. The highest BCUT2D eigenvalue weighted by Gasteiger charge is 2.29. The number of aryl methyl sites for hydroxylation is 2. The van der Waals surface area contributed by atoms with Crippen LogP contribution in [0.5, 0.6) is 0 Å². The maximum Gasteiger partial charge on any atom is 0.337 e. The summed E-state index contributed by atoms with van der Waals surface area (Å²) >= 11 is 0. The molecule has 4 heterocycles. The van der Waals surface area contributed by atoms with Gasteiger partial charge in [-0.3, -0.25) is 23.7 Å². The van der Waals surface area contributed by atoms with Gasteiger partial charge in [0.2, 0.25) is 0 Å². The number of amides is 1. The molecule has 0 atom stereocenters. The topological polar surface area (TPSA) is 127 Å². The van der Waals surface area contributed by atoms with E-state index >= 15 is 0 Å². The van der Waals surface area contributed by atoms with Crippen molar-refractivity contribution in [2.45, 2.75) is 64.1 Å². The molecule has 1 amide bonds. The van der Waals surface area contributed by atoms with E-state index in [4.69, 9.17) is 0 Å². The van der Waals surface area contributed by atoms with E-state index in [9.17, 15) is 23.9 Å². The molecule has 0 unspecified atom stereocenters. The molecule has 1 aliphatic heterocycles. The highest BCUT2D eigenvalue weighted by molar-refractivity contribution is 5.92. The van der Waals surface area contributed by atoms with Gasteiger partial charge in [-0.05, 0) is 105 Å². The average molecular weight is 680 g/mol. The predicted octanol–water partition coefficient (Wildman–Crippen LogP) is 4.51. The molecule has 2 fully saturated rings. The highest BCUT2D eigenvalue weighted by atomic mass is 19.1. The molecule has 260 valence electrons. The normalized spacial score (nSPS) is 18.8. The number of pyridine rings is 1. The summed E-state index contributed by atoms with van der Waals surface area (Å²) in [6, 6.07) is 18.2. The molecule has 1 saturated heterocycles. The molecule has 11 nitrogen and oxygen atoms in total. The lowest BCUT2D eigenvalue weighted by Crippen LogP contribution is -2.45. The van der Waals surface area contributed by atoms with Crippen LogP contribution < -0.4 is 16.6 Å². The lowest BCUT2D eigenvalue weighted by molar-refractivity contribution is 0.0916. The summed E-state index contributed by atoms with van der Waals surface area (Å²) in [4.78, 5) is 47.5. The van der Waals surface area contributed by atoms with Crippen molar-refractivity contribution in [1.29, 1.82) is 0 Å². The van der Waals surface area contributed by atoms with Crippen LogP contribution >= 0.6 is 0 Å². The molecule has 5 aromatic rings. The molecular formula is C38H42FN7O4. The molecule has 12 heteroatoms. The Bertz CT molecular complexity index is 2120. The van der Waals surface area contributed by atoms with Crippen LogP contribution in [0.15, 0.2) is 76.4 Å². The van der Waals surface area contributed by atoms with Gasteiger partial charge in [0.1, 0.15) is 11.5 Å². The fourth-order valence-corrected chi connectivity index (χ4v) is 7.36. The molecule has 2 aromatic carbocycles. The smallest absolute Gasteiger partial charge is 0.337 e. The third-order valence-corrected chi connectivity index (χ3v) is 10.4. The van der Waals surface area contributed by atoms with Gasteiger partial charge in [-0.15, -0.1) is 0 Å². The van der Waals surface area contributed by atoms with Crippen molar-refractivity contribution in [1.82, 2.24) is 34.1 Å². The molecule has 7 rings (SSSR count). The minimum atomic E-state index is -0.658. The Balaban J connectivity index is 1.14. The second-order valence-electron chi connectivity index (χ2n) is 13.7.